The van der Waals surface area contributed by atoms with Crippen molar-refractivity contribution in [2.24, 2.45) is 5.41 Å². The summed E-state index contributed by atoms with van der Waals surface area (Å²) >= 11 is 0. The summed E-state index contributed by atoms with van der Waals surface area (Å²) in [4.78, 5) is 2.60. The van der Waals surface area contributed by atoms with Gasteiger partial charge in [0.2, 0.25) is 0 Å². The summed E-state index contributed by atoms with van der Waals surface area (Å²) < 4.78 is 0. The van der Waals surface area contributed by atoms with Crippen molar-refractivity contribution in [2.75, 3.05) is 39.3 Å². The lowest BCUT2D eigenvalue weighted by Gasteiger charge is -2.37. The Balaban J connectivity index is 1.67. The Hall–Kier alpha value is -0.120. The van der Waals surface area contributed by atoms with Gasteiger partial charge in [0.25, 0.3) is 0 Å². The van der Waals surface area contributed by atoms with Crippen LogP contribution in [0.2, 0.25) is 0 Å². The summed E-state index contributed by atoms with van der Waals surface area (Å²) in [6.45, 7) is 11.9. The Morgan fingerprint density at radius 1 is 1.25 bits per heavy atom. The fourth-order valence-corrected chi connectivity index (χ4v) is 2.56. The average Bonchev–Trinajstić information content (AvgIpc) is 2.15. The predicted molar refractivity (Wildman–Crippen MR) is 68.7 cm³/mol. The first-order valence-corrected chi connectivity index (χ1v) is 6.82. The van der Waals surface area contributed by atoms with Crippen molar-refractivity contribution in [3.05, 3.63) is 0 Å². The van der Waals surface area contributed by atoms with E-state index in [1.54, 1.807) is 0 Å². The first kappa shape index (κ1) is 12.3. The van der Waals surface area contributed by atoms with E-state index in [0.717, 1.165) is 19.1 Å². The van der Waals surface area contributed by atoms with Crippen LogP contribution in [-0.2, 0) is 0 Å². The minimum Gasteiger partial charge on any atom is -0.314 e. The van der Waals surface area contributed by atoms with Crippen LogP contribution in [0.3, 0.4) is 0 Å². The largest absolute Gasteiger partial charge is 0.314 e. The van der Waals surface area contributed by atoms with Gasteiger partial charge in [-0.3, -0.25) is 0 Å². The second kappa shape index (κ2) is 5.48. The number of hydrogen-bond donors (Lipinski definition) is 2. The minimum absolute atomic E-state index is 0.410. The Morgan fingerprint density at radius 2 is 1.94 bits per heavy atom. The van der Waals surface area contributed by atoms with Crippen LogP contribution in [0.1, 0.15) is 33.1 Å². The van der Waals surface area contributed by atoms with Crippen LogP contribution in [0, 0.1) is 5.41 Å². The zero-order valence-electron chi connectivity index (χ0n) is 10.9. The number of nitrogens with one attached hydrogen (secondary N) is 2. The van der Waals surface area contributed by atoms with Gasteiger partial charge in [-0.1, -0.05) is 20.3 Å². The monoisotopic (exact) mass is 225 g/mol. The molecular weight excluding hydrogens is 198 g/mol. The average molecular weight is 225 g/mol. The molecule has 2 rings (SSSR count). The molecule has 0 unspecified atom stereocenters. The first-order chi connectivity index (χ1) is 7.66. The molecule has 0 aromatic heterocycles. The minimum atomic E-state index is 0.410. The second-order valence-electron chi connectivity index (χ2n) is 6.20. The van der Waals surface area contributed by atoms with Gasteiger partial charge in [0, 0.05) is 45.3 Å². The van der Waals surface area contributed by atoms with Crippen molar-refractivity contribution in [1.82, 2.24) is 15.5 Å². The van der Waals surface area contributed by atoms with Crippen LogP contribution >= 0.6 is 0 Å². The lowest BCUT2D eigenvalue weighted by Crippen LogP contribution is -2.50. The van der Waals surface area contributed by atoms with Gasteiger partial charge in [-0.15, -0.1) is 0 Å². The van der Waals surface area contributed by atoms with E-state index >= 15 is 0 Å². The normalized spacial score (nSPS) is 24.4. The van der Waals surface area contributed by atoms with E-state index in [0.29, 0.717) is 5.41 Å². The maximum atomic E-state index is 3.71. The molecule has 1 aliphatic carbocycles. The van der Waals surface area contributed by atoms with Crippen LogP contribution < -0.4 is 10.6 Å². The molecule has 2 aliphatic rings. The summed E-state index contributed by atoms with van der Waals surface area (Å²) in [6, 6.07) is 0.822. The molecule has 1 heterocycles. The number of rotatable bonds is 5. The van der Waals surface area contributed by atoms with Gasteiger partial charge in [0.15, 0.2) is 0 Å². The highest BCUT2D eigenvalue weighted by Gasteiger charge is 2.25. The van der Waals surface area contributed by atoms with Crippen LogP contribution in [-0.4, -0.2) is 50.2 Å². The van der Waals surface area contributed by atoms with E-state index in [-0.39, 0.29) is 0 Å². The molecule has 0 aromatic carbocycles. The Kier molecular flexibility index (Phi) is 4.22. The standard InChI is InChI=1S/C13H27N3/c1-13(2,10-15-12-4-3-5-12)11-16-8-6-14-7-9-16/h12,14-15H,3-11H2,1-2H3. The lowest BCUT2D eigenvalue weighted by atomic mass is 9.88. The number of nitrogens with zero attached hydrogens (tertiary/aromatic N) is 1. The van der Waals surface area contributed by atoms with Gasteiger partial charge in [0.1, 0.15) is 0 Å². The topological polar surface area (TPSA) is 27.3 Å². The van der Waals surface area contributed by atoms with E-state index in [1.807, 2.05) is 0 Å². The first-order valence-electron chi connectivity index (χ1n) is 6.82. The molecule has 16 heavy (non-hydrogen) atoms. The summed E-state index contributed by atoms with van der Waals surface area (Å²) in [5.41, 5.74) is 0.410. The van der Waals surface area contributed by atoms with Crippen molar-refractivity contribution in [2.45, 2.75) is 39.2 Å². The third kappa shape index (κ3) is 3.72. The van der Waals surface area contributed by atoms with Crippen LogP contribution in [0.4, 0.5) is 0 Å². The fourth-order valence-electron chi connectivity index (χ4n) is 2.56. The van der Waals surface area contributed by atoms with Gasteiger partial charge in [-0.25, -0.2) is 0 Å². The maximum Gasteiger partial charge on any atom is 0.0108 e. The molecule has 0 atom stereocenters. The molecule has 2 fully saturated rings. The van der Waals surface area contributed by atoms with Gasteiger partial charge in [0.05, 0.1) is 0 Å². The zero-order chi connectivity index (χ0) is 11.4. The SMILES string of the molecule is CC(C)(CNC1CCC1)CN1CCNCC1. The third-order valence-corrected chi connectivity index (χ3v) is 3.84. The summed E-state index contributed by atoms with van der Waals surface area (Å²) in [5, 5.41) is 7.12. The molecule has 3 nitrogen and oxygen atoms in total. The highest BCUT2D eigenvalue weighted by Crippen LogP contribution is 2.21. The lowest BCUT2D eigenvalue weighted by molar-refractivity contribution is 0.150. The van der Waals surface area contributed by atoms with E-state index in [9.17, 15) is 0 Å². The third-order valence-electron chi connectivity index (χ3n) is 3.84. The van der Waals surface area contributed by atoms with Crippen molar-refractivity contribution < 1.29 is 0 Å². The van der Waals surface area contributed by atoms with Crippen molar-refractivity contribution in [1.29, 1.82) is 0 Å². The van der Waals surface area contributed by atoms with Crippen molar-refractivity contribution >= 4 is 0 Å². The van der Waals surface area contributed by atoms with E-state index in [2.05, 4.69) is 29.4 Å². The molecule has 0 bridgehead atoms. The quantitative estimate of drug-likeness (QED) is 0.732. The molecule has 0 spiro atoms. The number of hydrogen-bond acceptors (Lipinski definition) is 3. The van der Waals surface area contributed by atoms with Crippen LogP contribution in [0.5, 0.6) is 0 Å². The van der Waals surface area contributed by atoms with Crippen molar-refractivity contribution in [3.63, 3.8) is 0 Å². The Labute approximate surface area is 100.0 Å². The fraction of sp³-hybridized carbons (Fsp3) is 1.00. The van der Waals surface area contributed by atoms with E-state index in [4.69, 9.17) is 0 Å². The Morgan fingerprint density at radius 3 is 2.50 bits per heavy atom. The van der Waals surface area contributed by atoms with Crippen LogP contribution in [0.15, 0.2) is 0 Å². The highest BCUT2D eigenvalue weighted by molar-refractivity contribution is 4.83. The second-order valence-corrected chi connectivity index (χ2v) is 6.20. The summed E-state index contributed by atoms with van der Waals surface area (Å²) in [7, 11) is 0. The molecule has 0 radical (unpaired) electrons. The molecule has 1 aliphatic heterocycles. The number of piperazine rings is 1. The molecule has 3 heteroatoms. The van der Waals surface area contributed by atoms with Crippen molar-refractivity contribution in [3.8, 4) is 0 Å². The Bertz CT molecular complexity index is 205. The molecule has 0 amide bonds. The predicted octanol–water partition coefficient (Wildman–Crippen LogP) is 1.06. The maximum absolute atomic E-state index is 3.71. The van der Waals surface area contributed by atoms with E-state index < -0.39 is 0 Å². The van der Waals surface area contributed by atoms with Crippen LogP contribution in [0.25, 0.3) is 0 Å². The molecular formula is C13H27N3. The molecule has 0 aromatic rings. The highest BCUT2D eigenvalue weighted by atomic mass is 15.2. The summed E-state index contributed by atoms with van der Waals surface area (Å²) in [5.74, 6) is 0. The van der Waals surface area contributed by atoms with Gasteiger partial charge < -0.3 is 15.5 Å². The van der Waals surface area contributed by atoms with Gasteiger partial charge in [-0.05, 0) is 18.3 Å². The molecule has 1 saturated heterocycles. The molecule has 2 N–H and O–H groups in total. The zero-order valence-corrected chi connectivity index (χ0v) is 10.9. The summed E-state index contributed by atoms with van der Waals surface area (Å²) in [6.07, 6.45) is 4.21. The van der Waals surface area contributed by atoms with Gasteiger partial charge in [-0.2, -0.15) is 0 Å². The smallest absolute Gasteiger partial charge is 0.0108 e. The molecule has 94 valence electrons. The molecule has 1 saturated carbocycles. The van der Waals surface area contributed by atoms with Gasteiger partial charge >= 0.3 is 0 Å². The van der Waals surface area contributed by atoms with E-state index in [1.165, 1.54) is 45.4 Å².